The third-order valence-corrected chi connectivity index (χ3v) is 5.92. The molecule has 1 aromatic rings. The van der Waals surface area contributed by atoms with Crippen molar-refractivity contribution in [1.29, 1.82) is 0 Å². The van der Waals surface area contributed by atoms with Gasteiger partial charge >= 0.3 is 5.97 Å². The normalized spacial score (nSPS) is 12.0. The summed E-state index contributed by atoms with van der Waals surface area (Å²) in [5.41, 5.74) is 0. The number of thioether (sulfide) groups is 1. The lowest BCUT2D eigenvalue weighted by Gasteiger charge is -2.16. The van der Waals surface area contributed by atoms with E-state index in [1.807, 2.05) is 14.0 Å². The molecule has 0 saturated heterocycles. The fourth-order valence-corrected chi connectivity index (χ4v) is 4.38. The lowest BCUT2D eigenvalue weighted by atomic mass is 10.1. The van der Waals surface area contributed by atoms with Gasteiger partial charge in [0.15, 0.2) is 5.82 Å². The predicted molar refractivity (Wildman–Crippen MR) is 116 cm³/mol. The molecule has 9 heteroatoms. The minimum atomic E-state index is -0.188. The van der Waals surface area contributed by atoms with Crippen molar-refractivity contribution in [2.24, 2.45) is 7.05 Å². The molecule has 0 bridgehead atoms. The number of nitrogens with zero attached hydrogens (tertiary/aromatic N) is 4. The predicted octanol–water partition coefficient (Wildman–Crippen LogP) is 4.25. The Hall–Kier alpha value is -1.22. The number of hydrogen-bond acceptors (Lipinski definition) is 8. The van der Waals surface area contributed by atoms with Crippen molar-refractivity contribution in [3.8, 4) is 0 Å². The Morgan fingerprint density at radius 1 is 1.11 bits per heavy atom. The first-order chi connectivity index (χ1) is 13.5. The summed E-state index contributed by atoms with van der Waals surface area (Å²) in [6.45, 7) is 4.58. The van der Waals surface area contributed by atoms with Gasteiger partial charge < -0.3 is 9.47 Å². The SMILES string of the molecule is CCOC(=S)SC(CCCCCCCCCOC(C)=O)CCc1nnnn1C. The molecule has 0 fully saturated rings. The number of carbonyl (C=O) groups excluding carboxylic acids is 1. The van der Waals surface area contributed by atoms with Crippen LogP contribution in [0.1, 0.15) is 77.5 Å². The van der Waals surface area contributed by atoms with Crippen molar-refractivity contribution in [1.82, 2.24) is 20.2 Å². The lowest BCUT2D eigenvalue weighted by Crippen LogP contribution is -2.11. The minimum absolute atomic E-state index is 0.188. The molecule has 7 nitrogen and oxygen atoms in total. The van der Waals surface area contributed by atoms with Gasteiger partial charge in [-0.2, -0.15) is 0 Å². The molecule has 0 aliphatic rings. The average Bonchev–Trinajstić information content (AvgIpc) is 3.05. The number of hydrogen-bond donors (Lipinski definition) is 0. The summed E-state index contributed by atoms with van der Waals surface area (Å²) in [7, 11) is 1.87. The van der Waals surface area contributed by atoms with Gasteiger partial charge in [-0.05, 0) is 48.8 Å². The van der Waals surface area contributed by atoms with Crippen LogP contribution in [0.2, 0.25) is 0 Å². The lowest BCUT2D eigenvalue weighted by molar-refractivity contribution is -0.141. The Balaban J connectivity index is 2.18. The smallest absolute Gasteiger partial charge is 0.302 e. The van der Waals surface area contributed by atoms with Crippen LogP contribution in [0.15, 0.2) is 0 Å². The molecule has 0 aliphatic heterocycles. The Kier molecular flexibility index (Phi) is 13.9. The molecular formula is C19H34N4O3S2. The van der Waals surface area contributed by atoms with Crippen LogP contribution < -0.4 is 0 Å². The van der Waals surface area contributed by atoms with Gasteiger partial charge in [-0.1, -0.05) is 50.3 Å². The first kappa shape index (κ1) is 24.8. The summed E-state index contributed by atoms with van der Waals surface area (Å²) < 4.78 is 12.8. The summed E-state index contributed by atoms with van der Waals surface area (Å²) in [5, 5.41) is 12.1. The maximum atomic E-state index is 10.7. The molecule has 0 radical (unpaired) electrons. The van der Waals surface area contributed by atoms with Crippen LogP contribution in [0.3, 0.4) is 0 Å². The topological polar surface area (TPSA) is 79.1 Å². The molecule has 0 aliphatic carbocycles. The van der Waals surface area contributed by atoms with Crippen LogP contribution in [0, 0.1) is 0 Å². The second-order valence-corrected chi connectivity index (χ2v) is 8.69. The van der Waals surface area contributed by atoms with Crippen molar-refractivity contribution >= 4 is 34.3 Å². The number of aryl methyl sites for hydroxylation is 2. The number of carbonyl (C=O) groups is 1. The van der Waals surface area contributed by atoms with Crippen molar-refractivity contribution in [3.05, 3.63) is 5.82 Å². The third kappa shape index (κ3) is 12.3. The van der Waals surface area contributed by atoms with Gasteiger partial charge in [0.2, 0.25) is 4.38 Å². The second-order valence-electron chi connectivity index (χ2n) is 6.78. The summed E-state index contributed by atoms with van der Waals surface area (Å²) in [4.78, 5) is 10.7. The molecule has 1 atom stereocenters. The fraction of sp³-hybridized carbons (Fsp3) is 0.842. The number of ether oxygens (including phenoxy) is 2. The van der Waals surface area contributed by atoms with Gasteiger partial charge in [0.1, 0.15) is 0 Å². The molecular weight excluding hydrogens is 396 g/mol. The molecule has 1 heterocycles. The van der Waals surface area contributed by atoms with Gasteiger partial charge in [0.05, 0.1) is 13.2 Å². The van der Waals surface area contributed by atoms with E-state index in [9.17, 15) is 4.79 Å². The largest absolute Gasteiger partial charge is 0.479 e. The monoisotopic (exact) mass is 430 g/mol. The summed E-state index contributed by atoms with van der Waals surface area (Å²) in [6.07, 6.45) is 11.1. The number of rotatable bonds is 15. The Bertz CT molecular complexity index is 569. The molecule has 0 spiro atoms. The molecule has 0 aromatic carbocycles. The molecule has 1 rings (SSSR count). The van der Waals surface area contributed by atoms with Gasteiger partial charge in [-0.3, -0.25) is 4.79 Å². The van der Waals surface area contributed by atoms with E-state index in [0.29, 0.717) is 22.8 Å². The van der Waals surface area contributed by atoms with E-state index in [4.69, 9.17) is 21.7 Å². The van der Waals surface area contributed by atoms with Crippen LogP contribution >= 0.6 is 24.0 Å². The third-order valence-electron chi connectivity index (χ3n) is 4.40. The maximum absolute atomic E-state index is 10.7. The highest BCUT2D eigenvalue weighted by Gasteiger charge is 2.15. The average molecular weight is 431 g/mol. The molecule has 160 valence electrons. The van der Waals surface area contributed by atoms with Crippen molar-refractivity contribution in [3.63, 3.8) is 0 Å². The van der Waals surface area contributed by atoms with Crippen molar-refractivity contribution in [2.45, 2.75) is 83.3 Å². The highest BCUT2D eigenvalue weighted by Crippen LogP contribution is 2.25. The molecule has 1 unspecified atom stereocenters. The van der Waals surface area contributed by atoms with Gasteiger partial charge in [-0.25, -0.2) is 4.68 Å². The Morgan fingerprint density at radius 2 is 1.79 bits per heavy atom. The molecule has 28 heavy (non-hydrogen) atoms. The molecule has 1 aromatic heterocycles. The van der Waals surface area contributed by atoms with Crippen LogP contribution in [0.25, 0.3) is 0 Å². The highest BCUT2D eigenvalue weighted by atomic mass is 32.2. The number of aromatic nitrogens is 4. The molecule has 0 saturated carbocycles. The maximum Gasteiger partial charge on any atom is 0.302 e. The van der Waals surface area contributed by atoms with E-state index < -0.39 is 0 Å². The zero-order valence-corrected chi connectivity index (χ0v) is 19.0. The minimum Gasteiger partial charge on any atom is -0.479 e. The van der Waals surface area contributed by atoms with Crippen LogP contribution in [-0.2, 0) is 27.7 Å². The quantitative estimate of drug-likeness (QED) is 0.232. The van der Waals surface area contributed by atoms with E-state index in [-0.39, 0.29) is 5.97 Å². The van der Waals surface area contributed by atoms with E-state index >= 15 is 0 Å². The highest BCUT2D eigenvalue weighted by molar-refractivity contribution is 8.23. The second kappa shape index (κ2) is 15.7. The van der Waals surface area contributed by atoms with Gasteiger partial charge in [-0.15, -0.1) is 5.10 Å². The Morgan fingerprint density at radius 3 is 2.39 bits per heavy atom. The van der Waals surface area contributed by atoms with E-state index in [1.54, 1.807) is 16.4 Å². The Labute approximate surface area is 178 Å². The van der Waals surface area contributed by atoms with E-state index in [1.165, 1.54) is 39.0 Å². The van der Waals surface area contributed by atoms with E-state index in [0.717, 1.165) is 37.9 Å². The first-order valence-corrected chi connectivity index (χ1v) is 11.5. The summed E-state index contributed by atoms with van der Waals surface area (Å²) >= 11 is 6.99. The van der Waals surface area contributed by atoms with Gasteiger partial charge in [0.25, 0.3) is 0 Å². The number of esters is 1. The standard InChI is InChI=1S/C19H34N4O3S2/c1-4-25-19(27)28-17(13-14-18-20-21-22-23(18)3)12-10-8-6-5-7-9-11-15-26-16(2)24/h17H,4-15H2,1-3H3. The molecule has 0 N–H and O–H groups in total. The van der Waals surface area contributed by atoms with Crippen molar-refractivity contribution in [2.75, 3.05) is 13.2 Å². The number of unbranched alkanes of at least 4 members (excludes halogenated alkanes) is 6. The fourth-order valence-electron chi connectivity index (χ4n) is 2.87. The van der Waals surface area contributed by atoms with Crippen molar-refractivity contribution < 1.29 is 14.3 Å². The first-order valence-electron chi connectivity index (χ1n) is 10.2. The zero-order chi connectivity index (χ0) is 20.6. The summed E-state index contributed by atoms with van der Waals surface area (Å²) in [5.74, 6) is 0.716. The zero-order valence-electron chi connectivity index (χ0n) is 17.4. The van der Waals surface area contributed by atoms with E-state index in [2.05, 4.69) is 15.5 Å². The van der Waals surface area contributed by atoms with Crippen LogP contribution in [0.5, 0.6) is 0 Å². The van der Waals surface area contributed by atoms with Crippen LogP contribution in [-0.4, -0.2) is 49.0 Å². The van der Waals surface area contributed by atoms with Crippen LogP contribution in [0.4, 0.5) is 0 Å². The van der Waals surface area contributed by atoms with Gasteiger partial charge in [0, 0.05) is 25.6 Å². The number of tetrazole rings is 1. The molecule has 0 amide bonds. The summed E-state index contributed by atoms with van der Waals surface area (Å²) in [6, 6.07) is 0. The number of thiocarbonyl (C=S) groups is 1.